The van der Waals surface area contributed by atoms with Gasteiger partial charge in [-0.25, -0.2) is 0 Å². The first-order valence-electron chi connectivity index (χ1n) is 1.74. The predicted molar refractivity (Wildman–Crippen MR) is 29.1 cm³/mol. The monoisotopic (exact) mass is 113 g/mol. The second kappa shape index (κ2) is 1.79. The summed E-state index contributed by atoms with van der Waals surface area (Å²) in [6, 6.07) is 0. The maximum absolute atomic E-state index is 4.49. The Labute approximate surface area is 46.0 Å². The Bertz CT molecular complexity index is 145. The third kappa shape index (κ3) is 0.806. The Morgan fingerprint density at radius 3 is 2.29 bits per heavy atom. The molecule has 36 valence electrons. The third-order valence-electron chi connectivity index (χ3n) is 0.531. The van der Waals surface area contributed by atoms with Crippen LogP contribution in [0.1, 0.15) is 0 Å². The van der Waals surface area contributed by atoms with Gasteiger partial charge in [-0.1, -0.05) is 12.2 Å². The van der Waals surface area contributed by atoms with Crippen molar-refractivity contribution in [3.8, 4) is 0 Å². The molecule has 0 amide bonds. The van der Waals surface area contributed by atoms with Crippen LogP contribution in [0.3, 0.4) is 0 Å². The van der Waals surface area contributed by atoms with Gasteiger partial charge in [-0.05, 0) is 0 Å². The van der Waals surface area contributed by atoms with Crippen molar-refractivity contribution in [2.24, 2.45) is 0 Å². The fourth-order valence-electron chi connectivity index (χ4n) is 0.280. The first kappa shape index (κ1) is 4.39. The quantitative estimate of drug-likeness (QED) is 0.483. The predicted octanol–water partition coefficient (Wildman–Crippen LogP) is 0.0834. The van der Waals surface area contributed by atoms with Gasteiger partial charge in [0.15, 0.2) is 0 Å². The Balaban J connectivity index is 2.96. The Morgan fingerprint density at radius 2 is 2.00 bits per heavy atom. The number of hydrogen-bond donors (Lipinski definition) is 0. The van der Waals surface area contributed by atoms with Crippen LogP contribution in [0.15, 0.2) is 12.4 Å². The molecule has 0 radical (unpaired) electrons. The minimum Gasteiger partial charge on any atom is -0.157 e. The minimum atomic E-state index is 1.31. The van der Waals surface area contributed by atoms with E-state index >= 15 is 0 Å². The molecule has 1 rings (SSSR count). The Kier molecular flexibility index (Phi) is 1.12. The molecule has 3 nitrogen and oxygen atoms in total. The van der Waals surface area contributed by atoms with Gasteiger partial charge in [-0.3, -0.25) is 0 Å². The molecule has 0 fully saturated rings. The summed E-state index contributed by atoms with van der Waals surface area (Å²) in [7, 11) is 0. The number of rotatable bonds is 1. The van der Waals surface area contributed by atoms with Crippen molar-refractivity contribution in [1.82, 2.24) is 15.0 Å². The van der Waals surface area contributed by atoms with E-state index in [1.165, 1.54) is 10.3 Å². The Hall–Kier alpha value is -0.770. The fourth-order valence-corrected chi connectivity index (χ4v) is 0.389. The van der Waals surface area contributed by atoms with Crippen LogP contribution in [0.25, 0.3) is 0 Å². The standard InChI is InChI=1S/C3H3N3S/c7-3-6-4-1-2-5-6/h1-3H. The molecule has 0 saturated carbocycles. The highest BCUT2D eigenvalue weighted by molar-refractivity contribution is 7.78. The normalized spacial score (nSPS) is 8.57. The molecule has 0 unspecified atom stereocenters. The summed E-state index contributed by atoms with van der Waals surface area (Å²) in [4.78, 5) is 1.31. The molecule has 0 aliphatic carbocycles. The van der Waals surface area contributed by atoms with Crippen molar-refractivity contribution < 1.29 is 0 Å². The number of aromatic nitrogens is 3. The summed E-state index contributed by atoms with van der Waals surface area (Å²) < 4.78 is 0. The molecule has 0 aliphatic heterocycles. The van der Waals surface area contributed by atoms with E-state index < -0.39 is 0 Å². The van der Waals surface area contributed by atoms with Crippen LogP contribution in [0.4, 0.5) is 0 Å². The number of hydrogen-bond acceptors (Lipinski definition) is 3. The molecule has 0 spiro atoms. The van der Waals surface area contributed by atoms with Crippen molar-refractivity contribution in [2.45, 2.75) is 0 Å². The summed E-state index contributed by atoms with van der Waals surface area (Å²) >= 11 is 4.49. The third-order valence-corrected chi connectivity index (χ3v) is 0.719. The highest BCUT2D eigenvalue weighted by atomic mass is 32.1. The maximum Gasteiger partial charge on any atom is 0.112 e. The average molecular weight is 113 g/mol. The summed E-state index contributed by atoms with van der Waals surface area (Å²) in [5.41, 5.74) is 1.36. The van der Waals surface area contributed by atoms with Gasteiger partial charge >= 0.3 is 0 Å². The fraction of sp³-hybridized carbons (Fsp3) is 0. The van der Waals surface area contributed by atoms with Gasteiger partial charge in [0, 0.05) is 0 Å². The SMILES string of the molecule is S=Cn1nccn1. The van der Waals surface area contributed by atoms with Gasteiger partial charge in [0.25, 0.3) is 0 Å². The molecule has 0 bridgehead atoms. The van der Waals surface area contributed by atoms with Crippen LogP contribution in [-0.2, 0) is 0 Å². The zero-order valence-corrected chi connectivity index (χ0v) is 4.30. The van der Waals surface area contributed by atoms with E-state index in [-0.39, 0.29) is 0 Å². The van der Waals surface area contributed by atoms with Crippen molar-refractivity contribution in [1.29, 1.82) is 0 Å². The lowest BCUT2D eigenvalue weighted by molar-refractivity contribution is 0.826. The molecular weight excluding hydrogens is 110 g/mol. The van der Waals surface area contributed by atoms with E-state index in [0.717, 1.165) is 0 Å². The zero-order chi connectivity index (χ0) is 5.11. The first-order chi connectivity index (χ1) is 3.43. The summed E-state index contributed by atoms with van der Waals surface area (Å²) in [5.74, 6) is 0. The summed E-state index contributed by atoms with van der Waals surface area (Å²) in [6.07, 6.45) is 3.14. The summed E-state index contributed by atoms with van der Waals surface area (Å²) in [6.45, 7) is 0. The molecule has 4 heteroatoms. The van der Waals surface area contributed by atoms with Gasteiger partial charge in [-0.15, -0.1) is 4.80 Å². The largest absolute Gasteiger partial charge is 0.157 e. The van der Waals surface area contributed by atoms with Gasteiger partial charge in [0.05, 0.1) is 12.4 Å². The highest BCUT2D eigenvalue weighted by Gasteiger charge is 1.76. The number of nitrogens with zero attached hydrogens (tertiary/aromatic N) is 3. The van der Waals surface area contributed by atoms with Crippen molar-refractivity contribution in [3.63, 3.8) is 0 Å². The van der Waals surface area contributed by atoms with E-state index in [2.05, 4.69) is 22.4 Å². The van der Waals surface area contributed by atoms with Gasteiger partial charge in [-0.2, -0.15) is 10.2 Å². The van der Waals surface area contributed by atoms with Gasteiger partial charge in [0.2, 0.25) is 0 Å². The van der Waals surface area contributed by atoms with Crippen LogP contribution in [-0.4, -0.2) is 20.5 Å². The van der Waals surface area contributed by atoms with E-state index in [1.807, 2.05) is 0 Å². The van der Waals surface area contributed by atoms with Crippen molar-refractivity contribution in [2.75, 3.05) is 0 Å². The first-order valence-corrected chi connectivity index (χ1v) is 2.22. The van der Waals surface area contributed by atoms with Crippen LogP contribution < -0.4 is 0 Å². The van der Waals surface area contributed by atoms with E-state index in [1.54, 1.807) is 12.4 Å². The van der Waals surface area contributed by atoms with Crippen LogP contribution in [0, 0.1) is 0 Å². The maximum atomic E-state index is 4.49. The van der Waals surface area contributed by atoms with Crippen LogP contribution in [0.5, 0.6) is 0 Å². The lowest BCUT2D eigenvalue weighted by Crippen LogP contribution is -1.95. The second-order valence-electron chi connectivity index (χ2n) is 0.955. The van der Waals surface area contributed by atoms with E-state index in [9.17, 15) is 0 Å². The second-order valence-corrected chi connectivity index (χ2v) is 1.17. The van der Waals surface area contributed by atoms with E-state index in [4.69, 9.17) is 0 Å². The molecule has 0 aliphatic rings. The van der Waals surface area contributed by atoms with Gasteiger partial charge < -0.3 is 0 Å². The van der Waals surface area contributed by atoms with Crippen LogP contribution >= 0.6 is 12.2 Å². The minimum absolute atomic E-state index is 1.31. The molecule has 0 atom stereocenters. The molecular formula is C3H3N3S. The zero-order valence-electron chi connectivity index (χ0n) is 3.48. The lowest BCUT2D eigenvalue weighted by Gasteiger charge is -1.76. The van der Waals surface area contributed by atoms with Crippen molar-refractivity contribution >= 4 is 17.7 Å². The lowest BCUT2D eigenvalue weighted by atomic mass is 11.0. The number of thiocarbonyl (C=S) groups is 1. The van der Waals surface area contributed by atoms with Crippen molar-refractivity contribution in [3.05, 3.63) is 12.4 Å². The smallest absolute Gasteiger partial charge is 0.112 e. The van der Waals surface area contributed by atoms with Gasteiger partial charge in [0.1, 0.15) is 5.49 Å². The molecule has 0 aromatic carbocycles. The molecule has 0 saturated heterocycles. The highest BCUT2D eigenvalue weighted by Crippen LogP contribution is 1.67. The van der Waals surface area contributed by atoms with E-state index in [0.29, 0.717) is 0 Å². The molecule has 1 aromatic heterocycles. The Morgan fingerprint density at radius 1 is 1.43 bits per heavy atom. The molecule has 1 aromatic rings. The molecule has 1 heterocycles. The molecule has 0 N–H and O–H groups in total. The van der Waals surface area contributed by atoms with Crippen LogP contribution in [0.2, 0.25) is 0 Å². The average Bonchev–Trinajstić information content (AvgIpc) is 2.14. The summed E-state index contributed by atoms with van der Waals surface area (Å²) in [5, 5.41) is 7.36. The topological polar surface area (TPSA) is 30.7 Å². The molecule has 7 heavy (non-hydrogen) atoms.